The first-order valence-corrected chi connectivity index (χ1v) is 17.5. The molecule has 0 aliphatic carbocycles. The molecule has 260 valence electrons. The summed E-state index contributed by atoms with van der Waals surface area (Å²) < 4.78 is 14.0. The lowest BCUT2D eigenvalue weighted by atomic mass is 10.0. The number of nitrogens with one attached hydrogen (secondary N) is 1. The van der Waals surface area contributed by atoms with Crippen molar-refractivity contribution in [1.82, 2.24) is 9.47 Å². The molecule has 1 saturated heterocycles. The third kappa shape index (κ3) is 8.65. The van der Waals surface area contributed by atoms with Crippen molar-refractivity contribution in [2.45, 2.75) is 32.2 Å². The molecule has 4 aromatic carbocycles. The molecular weight excluding hydrogens is 628 g/mol. The summed E-state index contributed by atoms with van der Waals surface area (Å²) in [4.78, 5) is 30.0. The molecular formula is C41H46N4O5. The zero-order valence-corrected chi connectivity index (χ0v) is 28.7. The number of carbonyl (C=O) groups excluding carboxylic acids is 1. The van der Waals surface area contributed by atoms with Crippen LogP contribution in [0.2, 0.25) is 0 Å². The Bertz CT molecular complexity index is 1880. The molecule has 9 heteroatoms. The van der Waals surface area contributed by atoms with E-state index in [4.69, 9.17) is 14.6 Å². The van der Waals surface area contributed by atoms with E-state index in [1.165, 1.54) is 5.56 Å². The van der Waals surface area contributed by atoms with Crippen LogP contribution < -0.4 is 19.7 Å². The van der Waals surface area contributed by atoms with E-state index in [-0.39, 0.29) is 12.2 Å². The number of rotatable bonds is 17. The number of methoxy groups -OCH3 is 1. The molecule has 6 rings (SSSR count). The van der Waals surface area contributed by atoms with Gasteiger partial charge in [0.1, 0.15) is 11.5 Å². The fourth-order valence-electron chi connectivity index (χ4n) is 6.66. The molecule has 0 amide bonds. The van der Waals surface area contributed by atoms with E-state index >= 15 is 0 Å². The summed E-state index contributed by atoms with van der Waals surface area (Å²) in [6.45, 7) is 6.53. The lowest BCUT2D eigenvalue weighted by Gasteiger charge is -2.36. The molecule has 1 aromatic heterocycles. The second-order valence-electron chi connectivity index (χ2n) is 12.7. The van der Waals surface area contributed by atoms with Crippen LogP contribution in [-0.4, -0.2) is 79.3 Å². The number of aromatic nitrogens is 1. The normalized spacial score (nSPS) is 13.3. The average Bonchev–Trinajstić information content (AvgIpc) is 3.52. The SMILES string of the molecule is COc1ccccc1N1CCN(CCCOc2cc(C(=O)c3cn(CCCC(=O)O)c4ccccc34)ccc2NCCc2ccccc2)CC1. The van der Waals surface area contributed by atoms with Crippen molar-refractivity contribution in [3.63, 3.8) is 0 Å². The molecule has 0 bridgehead atoms. The Hall–Kier alpha value is -5.28. The quantitative estimate of drug-likeness (QED) is 0.0805. The molecule has 1 aliphatic rings. The van der Waals surface area contributed by atoms with Gasteiger partial charge in [0.05, 0.1) is 25.1 Å². The van der Waals surface area contributed by atoms with Gasteiger partial charge in [-0.1, -0.05) is 60.7 Å². The van der Waals surface area contributed by atoms with Crippen molar-refractivity contribution in [3.05, 3.63) is 120 Å². The highest BCUT2D eigenvalue weighted by Gasteiger charge is 2.21. The van der Waals surface area contributed by atoms with Crippen molar-refractivity contribution < 1.29 is 24.2 Å². The minimum Gasteiger partial charge on any atom is -0.495 e. The Labute approximate surface area is 294 Å². The number of hydrogen-bond acceptors (Lipinski definition) is 7. The monoisotopic (exact) mass is 674 g/mol. The number of benzene rings is 4. The van der Waals surface area contributed by atoms with Crippen LogP contribution in [0.25, 0.3) is 10.9 Å². The van der Waals surface area contributed by atoms with Gasteiger partial charge < -0.3 is 29.4 Å². The van der Waals surface area contributed by atoms with Crippen molar-refractivity contribution in [1.29, 1.82) is 0 Å². The number of anilines is 2. The van der Waals surface area contributed by atoms with Gasteiger partial charge in [-0.2, -0.15) is 0 Å². The van der Waals surface area contributed by atoms with E-state index in [0.717, 1.165) is 80.1 Å². The third-order valence-electron chi connectivity index (χ3n) is 9.31. The van der Waals surface area contributed by atoms with Crippen molar-refractivity contribution in [3.8, 4) is 11.5 Å². The smallest absolute Gasteiger partial charge is 0.303 e. The number of piperazine rings is 1. The first kappa shape index (κ1) is 34.6. The van der Waals surface area contributed by atoms with Crippen LogP contribution in [0.1, 0.15) is 40.7 Å². The van der Waals surface area contributed by atoms with Gasteiger partial charge in [-0.25, -0.2) is 0 Å². The Balaban J connectivity index is 1.12. The topological polar surface area (TPSA) is 96.3 Å². The van der Waals surface area contributed by atoms with E-state index in [9.17, 15) is 9.59 Å². The number of hydrogen-bond donors (Lipinski definition) is 2. The van der Waals surface area contributed by atoms with Crippen molar-refractivity contribution in [2.75, 3.05) is 63.2 Å². The van der Waals surface area contributed by atoms with Crippen LogP contribution in [0.3, 0.4) is 0 Å². The Morgan fingerprint density at radius 3 is 2.38 bits per heavy atom. The molecule has 5 aromatic rings. The number of fused-ring (bicyclic) bond motifs is 1. The standard InChI is InChI=1S/C41H46N4O5/c1-49-38-16-8-7-15-37(38)44-26-24-43(25-27-44)22-10-28-50-39-29-32(18-19-35(39)42-21-20-31-11-3-2-4-12-31)41(48)34-30-45(23-9-17-40(46)47)36-14-6-5-13-33(34)36/h2-8,11-16,18-19,29-30,42H,9-10,17,20-28H2,1H3,(H,46,47). The van der Waals surface area contributed by atoms with Gasteiger partial charge in [0.25, 0.3) is 0 Å². The number of aliphatic carboxylic acids is 1. The van der Waals surface area contributed by atoms with Crippen LogP contribution >= 0.6 is 0 Å². The van der Waals surface area contributed by atoms with Crippen LogP contribution in [0.15, 0.2) is 103 Å². The summed E-state index contributed by atoms with van der Waals surface area (Å²) in [5.41, 5.74) is 5.32. The summed E-state index contributed by atoms with van der Waals surface area (Å²) >= 11 is 0. The molecule has 1 aliphatic heterocycles. The average molecular weight is 675 g/mol. The van der Waals surface area contributed by atoms with Gasteiger partial charge in [-0.3, -0.25) is 14.5 Å². The lowest BCUT2D eigenvalue weighted by Crippen LogP contribution is -2.46. The van der Waals surface area contributed by atoms with Crippen molar-refractivity contribution >= 4 is 34.0 Å². The maximum absolute atomic E-state index is 14.0. The maximum Gasteiger partial charge on any atom is 0.303 e. The highest BCUT2D eigenvalue weighted by atomic mass is 16.5. The molecule has 0 atom stereocenters. The second-order valence-corrected chi connectivity index (χ2v) is 12.7. The number of ether oxygens (including phenoxy) is 2. The number of carboxylic acids is 1. The zero-order chi connectivity index (χ0) is 34.7. The molecule has 50 heavy (non-hydrogen) atoms. The lowest BCUT2D eigenvalue weighted by molar-refractivity contribution is -0.137. The van der Waals surface area contributed by atoms with Gasteiger partial charge in [0, 0.05) is 80.5 Å². The number of ketones is 1. The summed E-state index contributed by atoms with van der Waals surface area (Å²) in [5.74, 6) is 0.654. The zero-order valence-electron chi connectivity index (χ0n) is 28.7. The number of carbonyl (C=O) groups is 2. The van der Waals surface area contributed by atoms with Gasteiger partial charge in [0.2, 0.25) is 0 Å². The van der Waals surface area contributed by atoms with E-state index in [1.807, 2.05) is 83.6 Å². The summed E-state index contributed by atoms with van der Waals surface area (Å²) in [6, 6.07) is 32.0. The Kier molecular flexibility index (Phi) is 11.7. The molecule has 0 radical (unpaired) electrons. The summed E-state index contributed by atoms with van der Waals surface area (Å²) in [5, 5.41) is 13.5. The predicted molar refractivity (Wildman–Crippen MR) is 199 cm³/mol. The van der Waals surface area contributed by atoms with Crippen LogP contribution in [0.4, 0.5) is 11.4 Å². The molecule has 9 nitrogen and oxygen atoms in total. The van der Waals surface area contributed by atoms with Crippen LogP contribution in [0, 0.1) is 0 Å². The number of carboxylic acid groups (broad SMARTS) is 1. The minimum absolute atomic E-state index is 0.0777. The first-order valence-electron chi connectivity index (χ1n) is 17.5. The predicted octanol–water partition coefficient (Wildman–Crippen LogP) is 6.99. The summed E-state index contributed by atoms with van der Waals surface area (Å²) in [6.07, 6.45) is 4.15. The van der Waals surface area contributed by atoms with Gasteiger partial charge >= 0.3 is 5.97 Å². The van der Waals surface area contributed by atoms with E-state index < -0.39 is 5.97 Å². The fourth-order valence-corrected chi connectivity index (χ4v) is 6.66. The van der Waals surface area contributed by atoms with E-state index in [1.54, 1.807) is 7.11 Å². The minimum atomic E-state index is -0.825. The van der Waals surface area contributed by atoms with Gasteiger partial charge in [-0.05, 0) is 61.2 Å². The molecule has 0 spiro atoms. The highest BCUT2D eigenvalue weighted by molar-refractivity contribution is 6.16. The number of aryl methyl sites for hydroxylation is 1. The number of nitrogens with zero attached hydrogens (tertiary/aromatic N) is 3. The van der Waals surface area contributed by atoms with Crippen LogP contribution in [-0.2, 0) is 17.8 Å². The molecule has 2 heterocycles. The van der Waals surface area contributed by atoms with Gasteiger partial charge in [-0.15, -0.1) is 0 Å². The van der Waals surface area contributed by atoms with Crippen LogP contribution in [0.5, 0.6) is 11.5 Å². The van der Waals surface area contributed by atoms with Crippen molar-refractivity contribution in [2.24, 2.45) is 0 Å². The Morgan fingerprint density at radius 1 is 0.820 bits per heavy atom. The second kappa shape index (κ2) is 16.9. The first-order chi connectivity index (χ1) is 24.5. The fraction of sp³-hybridized carbons (Fsp3) is 0.317. The maximum atomic E-state index is 14.0. The van der Waals surface area contributed by atoms with E-state index in [2.05, 4.69) is 39.4 Å². The molecule has 0 unspecified atom stereocenters. The van der Waals surface area contributed by atoms with E-state index in [0.29, 0.717) is 36.4 Å². The summed E-state index contributed by atoms with van der Waals surface area (Å²) in [7, 11) is 1.72. The largest absolute Gasteiger partial charge is 0.495 e. The molecule has 0 saturated carbocycles. The highest BCUT2D eigenvalue weighted by Crippen LogP contribution is 2.31. The molecule has 2 N–H and O–H groups in total. The van der Waals surface area contributed by atoms with Gasteiger partial charge in [0.15, 0.2) is 5.78 Å². The third-order valence-corrected chi connectivity index (χ3v) is 9.31. The Morgan fingerprint density at radius 2 is 1.58 bits per heavy atom. The molecule has 1 fully saturated rings. The number of para-hydroxylation sites is 3.